The predicted octanol–water partition coefficient (Wildman–Crippen LogP) is 9.45. The van der Waals surface area contributed by atoms with Gasteiger partial charge in [-0.05, 0) is 91.9 Å². The molecule has 328 valence electrons. The van der Waals surface area contributed by atoms with Crippen molar-refractivity contribution in [2.45, 2.75) is 102 Å². The minimum absolute atomic E-state index is 0.102. The Hall–Kier alpha value is -6.01. The van der Waals surface area contributed by atoms with Crippen LogP contribution in [0.15, 0.2) is 97.2 Å². The van der Waals surface area contributed by atoms with E-state index in [0.717, 1.165) is 108 Å². The smallest absolute Gasteiger partial charge is 0.407 e. The molecule has 63 heavy (non-hydrogen) atoms. The number of fused-ring (bicyclic) bond motifs is 4. The number of carbonyl (C=O) groups excluding carboxylic acids is 3. The van der Waals surface area contributed by atoms with E-state index in [9.17, 15) is 14.4 Å². The van der Waals surface area contributed by atoms with Crippen LogP contribution >= 0.6 is 0 Å². The standard InChI is InChI=1S/C51H59N7O5/c1-33(2)43(56-49(61)62-4)47(59)57-27-12-15-41(57)45-52-30-39(53-45)36-20-16-34(17-21-36)35-18-22-37(23-19-35)44-40-31-63-28-11-6-5-10-24-50(3,38-13-8-7-9-14-38)48(60)58-32-51(25-26-51)29-42(58)46(54-40)55-44/h5,7-10,13-14,16-23,30,33,41-43H,6,11-12,15,24-29,31-32H2,1-4H3,(H,52,53)(H,54,55)(H,56,61)/b10-5+/t41-,42-,43-,50-/m0/s1. The van der Waals surface area contributed by atoms with Gasteiger partial charge in [0.1, 0.15) is 17.7 Å². The number of nitrogens with zero attached hydrogens (tertiary/aromatic N) is 4. The zero-order valence-corrected chi connectivity index (χ0v) is 36.9. The monoisotopic (exact) mass is 849 g/mol. The maximum atomic E-state index is 14.9. The van der Waals surface area contributed by atoms with Gasteiger partial charge in [-0.3, -0.25) is 9.59 Å². The number of carbonyl (C=O) groups is 3. The van der Waals surface area contributed by atoms with E-state index >= 15 is 0 Å². The summed E-state index contributed by atoms with van der Waals surface area (Å²) in [6.45, 7) is 8.34. The van der Waals surface area contributed by atoms with Crippen molar-refractivity contribution in [3.8, 4) is 33.6 Å². The lowest BCUT2D eigenvalue weighted by molar-refractivity contribution is -0.138. The Bertz CT molecular complexity index is 2450. The number of H-pyrrole nitrogens is 2. The van der Waals surface area contributed by atoms with Gasteiger partial charge >= 0.3 is 6.09 Å². The Morgan fingerprint density at radius 3 is 2.30 bits per heavy atom. The van der Waals surface area contributed by atoms with Crippen LogP contribution in [0, 0.1) is 11.3 Å². The minimum atomic E-state index is -0.691. The number of nitrogens with one attached hydrogen (secondary N) is 3. The molecule has 3 aliphatic heterocycles. The van der Waals surface area contributed by atoms with E-state index in [1.54, 1.807) is 0 Å². The largest absolute Gasteiger partial charge is 0.453 e. The molecule has 3 amide bonds. The number of hydrogen-bond acceptors (Lipinski definition) is 7. The number of methoxy groups -OCH3 is 1. The van der Waals surface area contributed by atoms with E-state index in [0.29, 0.717) is 26.2 Å². The van der Waals surface area contributed by atoms with E-state index in [1.165, 1.54) is 7.11 Å². The van der Waals surface area contributed by atoms with E-state index in [4.69, 9.17) is 19.4 Å². The van der Waals surface area contributed by atoms with E-state index < -0.39 is 17.6 Å². The van der Waals surface area contributed by atoms with Crippen molar-refractivity contribution in [3.05, 3.63) is 120 Å². The molecule has 1 aliphatic carbocycles. The summed E-state index contributed by atoms with van der Waals surface area (Å²) in [5, 5.41) is 2.72. The number of amides is 3. The zero-order valence-electron chi connectivity index (χ0n) is 36.9. The number of rotatable bonds is 8. The maximum absolute atomic E-state index is 14.9. The predicted molar refractivity (Wildman–Crippen MR) is 242 cm³/mol. The molecule has 1 saturated carbocycles. The van der Waals surface area contributed by atoms with E-state index in [2.05, 4.69) is 99.9 Å². The quantitative estimate of drug-likeness (QED) is 0.132. The van der Waals surface area contributed by atoms with Crippen LogP contribution in [0.4, 0.5) is 4.79 Å². The summed E-state index contributed by atoms with van der Waals surface area (Å²) in [5.74, 6) is 1.51. The summed E-state index contributed by atoms with van der Waals surface area (Å²) < 4.78 is 11.0. The Morgan fingerprint density at radius 1 is 0.889 bits per heavy atom. The molecule has 3 N–H and O–H groups in total. The first-order chi connectivity index (χ1) is 30.6. The lowest BCUT2D eigenvalue weighted by Gasteiger charge is -2.35. The van der Waals surface area contributed by atoms with Gasteiger partial charge in [-0.1, -0.05) is 105 Å². The number of likely N-dealkylation sites (tertiary alicyclic amines) is 1. The number of benzene rings is 3. The third kappa shape index (κ3) is 8.57. The second-order valence-electron chi connectivity index (χ2n) is 18.6. The third-order valence-electron chi connectivity index (χ3n) is 13.8. The summed E-state index contributed by atoms with van der Waals surface area (Å²) in [6.07, 6.45) is 12.9. The van der Waals surface area contributed by atoms with Gasteiger partial charge in [0, 0.05) is 25.3 Å². The summed E-state index contributed by atoms with van der Waals surface area (Å²) >= 11 is 0. The van der Waals surface area contributed by atoms with Gasteiger partial charge in [0.15, 0.2) is 0 Å². The number of imidazole rings is 2. The van der Waals surface area contributed by atoms with Crippen LogP contribution < -0.4 is 5.32 Å². The summed E-state index contributed by atoms with van der Waals surface area (Å²) in [6, 6.07) is 26.2. The van der Waals surface area contributed by atoms with Crippen LogP contribution in [0.5, 0.6) is 0 Å². The van der Waals surface area contributed by atoms with Crippen LogP contribution in [-0.2, 0) is 31.1 Å². The molecule has 1 spiro atoms. The van der Waals surface area contributed by atoms with E-state index in [1.807, 2.05) is 43.1 Å². The first-order valence-electron chi connectivity index (χ1n) is 22.6. The molecule has 2 saturated heterocycles. The van der Waals surface area contributed by atoms with Crippen LogP contribution in [0.3, 0.4) is 0 Å². The molecule has 5 heterocycles. The highest BCUT2D eigenvalue weighted by molar-refractivity contribution is 5.89. The molecule has 5 aromatic rings. The average molecular weight is 850 g/mol. The summed E-state index contributed by atoms with van der Waals surface area (Å²) in [7, 11) is 1.30. The molecule has 0 radical (unpaired) electrons. The molecular formula is C51H59N7O5. The fraction of sp³-hybridized carbons (Fsp3) is 0.431. The second kappa shape index (κ2) is 17.6. The van der Waals surface area contributed by atoms with Crippen LogP contribution in [0.1, 0.15) is 107 Å². The van der Waals surface area contributed by atoms with Gasteiger partial charge in [-0.25, -0.2) is 14.8 Å². The Balaban J connectivity index is 0.937. The molecule has 0 unspecified atom stereocenters. The minimum Gasteiger partial charge on any atom is -0.453 e. The van der Waals surface area contributed by atoms with Crippen LogP contribution in [-0.4, -0.2) is 80.5 Å². The molecule has 12 nitrogen and oxygen atoms in total. The summed E-state index contributed by atoms with van der Waals surface area (Å²) in [4.78, 5) is 61.7. The van der Waals surface area contributed by atoms with Crippen molar-refractivity contribution in [2.24, 2.45) is 11.3 Å². The number of hydrogen-bond donors (Lipinski definition) is 3. The molecule has 12 heteroatoms. The first-order valence-corrected chi connectivity index (χ1v) is 22.6. The van der Waals surface area contributed by atoms with Crippen molar-refractivity contribution in [3.63, 3.8) is 0 Å². The molecule has 9 rings (SSSR count). The van der Waals surface area contributed by atoms with Crippen LogP contribution in [0.25, 0.3) is 33.6 Å². The number of ether oxygens (including phenoxy) is 2. The fourth-order valence-corrected chi connectivity index (χ4v) is 9.86. The van der Waals surface area contributed by atoms with Gasteiger partial charge in [0.05, 0.1) is 54.5 Å². The number of allylic oxidation sites excluding steroid dienone is 2. The van der Waals surface area contributed by atoms with Crippen molar-refractivity contribution < 1.29 is 23.9 Å². The first kappa shape index (κ1) is 42.3. The highest BCUT2D eigenvalue weighted by Crippen LogP contribution is 2.59. The molecule has 3 fully saturated rings. The lowest BCUT2D eigenvalue weighted by Crippen LogP contribution is -2.51. The molecule has 3 aromatic carbocycles. The van der Waals surface area contributed by atoms with E-state index in [-0.39, 0.29) is 35.2 Å². The Labute approximate surface area is 369 Å². The molecule has 2 aromatic heterocycles. The number of aromatic amines is 2. The average Bonchev–Trinajstić information content (AvgIpc) is 3.79. The molecule has 4 aliphatic rings. The highest BCUT2D eigenvalue weighted by Gasteiger charge is 2.56. The van der Waals surface area contributed by atoms with Crippen molar-refractivity contribution in [1.29, 1.82) is 0 Å². The molecular weight excluding hydrogens is 791 g/mol. The lowest BCUT2D eigenvalue weighted by atomic mass is 9.77. The second-order valence-corrected chi connectivity index (χ2v) is 18.6. The number of alkyl carbamates (subject to hydrolysis) is 1. The topological polar surface area (TPSA) is 146 Å². The summed E-state index contributed by atoms with van der Waals surface area (Å²) in [5.41, 5.74) is 7.34. The fourth-order valence-electron chi connectivity index (χ4n) is 9.86. The van der Waals surface area contributed by atoms with Gasteiger partial charge in [0.25, 0.3) is 0 Å². The molecule has 4 atom stereocenters. The SMILES string of the molecule is COC(=O)N[C@H](C(=O)N1CCC[C@H]1c1ncc(-c2ccc(-c3ccc(-c4nc5[nH]c4COCCC/C=C/C[C@@](C)(c4ccccc4)C(=O)N4CC6(CC6)C[C@@H]54)cc3)cc2)[nH]1)C(C)C. The Kier molecular flexibility index (Phi) is 11.8. The normalized spacial score (nSPS) is 23.2. The third-order valence-corrected chi connectivity index (χ3v) is 13.8. The molecule has 2 bridgehead atoms. The van der Waals surface area contributed by atoms with Crippen molar-refractivity contribution in [1.82, 2.24) is 35.1 Å². The van der Waals surface area contributed by atoms with Gasteiger partial charge in [0.2, 0.25) is 11.8 Å². The van der Waals surface area contributed by atoms with Crippen LogP contribution in [0.2, 0.25) is 0 Å². The van der Waals surface area contributed by atoms with Gasteiger partial charge in [-0.15, -0.1) is 0 Å². The van der Waals surface area contributed by atoms with Gasteiger partial charge < -0.3 is 34.6 Å². The maximum Gasteiger partial charge on any atom is 0.407 e. The zero-order chi connectivity index (χ0) is 43.7. The Morgan fingerprint density at radius 2 is 1.60 bits per heavy atom. The van der Waals surface area contributed by atoms with Crippen molar-refractivity contribution in [2.75, 3.05) is 26.8 Å². The van der Waals surface area contributed by atoms with Gasteiger partial charge in [-0.2, -0.15) is 0 Å². The van der Waals surface area contributed by atoms with Crippen molar-refractivity contribution >= 4 is 17.9 Å². The highest BCUT2D eigenvalue weighted by atomic mass is 16.5. The number of aromatic nitrogens is 4.